The van der Waals surface area contributed by atoms with Crippen molar-refractivity contribution >= 4 is 11.5 Å². The lowest BCUT2D eigenvalue weighted by Crippen LogP contribution is -2.22. The first-order chi connectivity index (χ1) is 7.83. The predicted octanol–water partition coefficient (Wildman–Crippen LogP) is 1.74. The number of rotatable bonds is 4. The highest BCUT2D eigenvalue weighted by Gasteiger charge is 2.22. The molecule has 1 aromatic rings. The molecule has 4 heteroatoms. The highest BCUT2D eigenvalue weighted by Crippen LogP contribution is 2.22. The molecule has 0 aliphatic carbocycles. The molecule has 0 spiro atoms. The van der Waals surface area contributed by atoms with Crippen molar-refractivity contribution < 1.29 is 4.74 Å². The summed E-state index contributed by atoms with van der Waals surface area (Å²) in [7, 11) is 1.78. The molecule has 0 radical (unpaired) electrons. The largest absolute Gasteiger partial charge is 0.380 e. The number of nitrogens with zero attached hydrogens (tertiary/aromatic N) is 2. The third-order valence-corrected chi connectivity index (χ3v) is 2.94. The number of nitrogens with one attached hydrogen (secondary N) is 1. The summed E-state index contributed by atoms with van der Waals surface area (Å²) in [5, 5.41) is 3.23. The molecule has 0 amide bonds. The van der Waals surface area contributed by atoms with Crippen molar-refractivity contribution in [3.63, 3.8) is 0 Å². The molecule has 0 aromatic carbocycles. The average molecular weight is 221 g/mol. The van der Waals surface area contributed by atoms with Crippen LogP contribution in [0.4, 0.5) is 11.5 Å². The van der Waals surface area contributed by atoms with Crippen LogP contribution in [0.15, 0.2) is 18.3 Å². The van der Waals surface area contributed by atoms with Gasteiger partial charge in [0, 0.05) is 44.7 Å². The number of hydrogen-bond donors (Lipinski definition) is 1. The normalized spacial score (nSPS) is 20.1. The maximum Gasteiger partial charge on any atom is 0.127 e. The van der Waals surface area contributed by atoms with Crippen LogP contribution < -0.4 is 10.2 Å². The molecule has 1 atom stereocenters. The van der Waals surface area contributed by atoms with Crippen LogP contribution >= 0.6 is 0 Å². The fourth-order valence-electron chi connectivity index (χ4n) is 2.05. The minimum absolute atomic E-state index is 0.371. The van der Waals surface area contributed by atoms with Gasteiger partial charge in [-0.15, -0.1) is 0 Å². The summed E-state index contributed by atoms with van der Waals surface area (Å²) in [4.78, 5) is 6.61. The second-order valence-electron chi connectivity index (χ2n) is 4.02. The van der Waals surface area contributed by atoms with Gasteiger partial charge in [-0.25, -0.2) is 4.98 Å². The number of hydrogen-bond acceptors (Lipinski definition) is 4. The molecule has 2 rings (SSSR count). The molecular weight excluding hydrogens is 202 g/mol. The van der Waals surface area contributed by atoms with E-state index in [2.05, 4.69) is 34.3 Å². The van der Waals surface area contributed by atoms with E-state index in [0.29, 0.717) is 6.10 Å². The van der Waals surface area contributed by atoms with Crippen molar-refractivity contribution in [2.75, 3.05) is 37.0 Å². The van der Waals surface area contributed by atoms with E-state index in [1.54, 1.807) is 7.11 Å². The lowest BCUT2D eigenvalue weighted by Gasteiger charge is -2.18. The van der Waals surface area contributed by atoms with Crippen LogP contribution in [-0.4, -0.2) is 37.8 Å². The number of methoxy groups -OCH3 is 1. The topological polar surface area (TPSA) is 37.4 Å². The van der Waals surface area contributed by atoms with Gasteiger partial charge in [-0.05, 0) is 19.4 Å². The molecule has 1 aromatic heterocycles. The zero-order valence-electron chi connectivity index (χ0n) is 9.94. The van der Waals surface area contributed by atoms with Crippen LogP contribution in [0.25, 0.3) is 0 Å². The zero-order valence-corrected chi connectivity index (χ0v) is 9.94. The molecular formula is C12H19N3O. The molecule has 1 saturated heterocycles. The smallest absolute Gasteiger partial charge is 0.127 e. The summed E-state index contributed by atoms with van der Waals surface area (Å²) in [5.41, 5.74) is 1.23. The summed E-state index contributed by atoms with van der Waals surface area (Å²) in [6.07, 6.45) is 3.33. The minimum Gasteiger partial charge on any atom is -0.380 e. The maximum atomic E-state index is 5.37. The highest BCUT2D eigenvalue weighted by molar-refractivity contribution is 5.54. The van der Waals surface area contributed by atoms with Crippen LogP contribution in [0.5, 0.6) is 0 Å². The van der Waals surface area contributed by atoms with Crippen LogP contribution in [0.3, 0.4) is 0 Å². The lowest BCUT2D eigenvalue weighted by atomic mass is 10.3. The Balaban J connectivity index is 2.06. The van der Waals surface area contributed by atoms with Gasteiger partial charge >= 0.3 is 0 Å². The van der Waals surface area contributed by atoms with Gasteiger partial charge in [-0.2, -0.15) is 0 Å². The second kappa shape index (κ2) is 5.16. The van der Waals surface area contributed by atoms with E-state index in [4.69, 9.17) is 4.74 Å². The van der Waals surface area contributed by atoms with Crippen LogP contribution in [0.2, 0.25) is 0 Å². The second-order valence-corrected chi connectivity index (χ2v) is 4.02. The lowest BCUT2D eigenvalue weighted by molar-refractivity contribution is 0.121. The number of pyridine rings is 1. The first-order valence-corrected chi connectivity index (χ1v) is 5.81. The fraction of sp³-hybridized carbons (Fsp3) is 0.583. The van der Waals surface area contributed by atoms with E-state index in [9.17, 15) is 0 Å². The Labute approximate surface area is 96.6 Å². The summed E-state index contributed by atoms with van der Waals surface area (Å²) in [6, 6.07) is 4.15. The standard InChI is InChI=1S/C12H19N3O/c1-3-13-12-8-10(4-6-14-12)15-7-5-11(9-15)16-2/h4,6,8,11H,3,5,7,9H2,1-2H3,(H,13,14). The average Bonchev–Trinajstić information content (AvgIpc) is 2.78. The first kappa shape index (κ1) is 11.2. The summed E-state index contributed by atoms with van der Waals surface area (Å²) >= 11 is 0. The van der Waals surface area contributed by atoms with Gasteiger partial charge in [0.05, 0.1) is 6.10 Å². The van der Waals surface area contributed by atoms with Gasteiger partial charge in [-0.1, -0.05) is 0 Å². The van der Waals surface area contributed by atoms with Crippen molar-refractivity contribution in [3.8, 4) is 0 Å². The molecule has 88 valence electrons. The van der Waals surface area contributed by atoms with Crippen molar-refractivity contribution in [3.05, 3.63) is 18.3 Å². The Hall–Kier alpha value is -1.29. The number of ether oxygens (including phenoxy) is 1. The van der Waals surface area contributed by atoms with Crippen LogP contribution in [-0.2, 0) is 4.74 Å². The molecule has 16 heavy (non-hydrogen) atoms. The van der Waals surface area contributed by atoms with E-state index >= 15 is 0 Å². The molecule has 0 saturated carbocycles. The van der Waals surface area contributed by atoms with E-state index < -0.39 is 0 Å². The summed E-state index contributed by atoms with van der Waals surface area (Å²) in [5.74, 6) is 0.945. The molecule has 1 aliphatic heterocycles. The van der Waals surface area contributed by atoms with Gasteiger partial charge in [0.1, 0.15) is 5.82 Å². The van der Waals surface area contributed by atoms with E-state index in [-0.39, 0.29) is 0 Å². The Morgan fingerprint density at radius 1 is 1.62 bits per heavy atom. The van der Waals surface area contributed by atoms with E-state index in [1.165, 1.54) is 5.69 Å². The van der Waals surface area contributed by atoms with Crippen molar-refractivity contribution in [2.24, 2.45) is 0 Å². The summed E-state index contributed by atoms with van der Waals surface area (Å²) < 4.78 is 5.37. The highest BCUT2D eigenvalue weighted by atomic mass is 16.5. The fourth-order valence-corrected chi connectivity index (χ4v) is 2.05. The van der Waals surface area contributed by atoms with Crippen LogP contribution in [0.1, 0.15) is 13.3 Å². The van der Waals surface area contributed by atoms with E-state index in [0.717, 1.165) is 31.9 Å². The third-order valence-electron chi connectivity index (χ3n) is 2.94. The monoisotopic (exact) mass is 221 g/mol. The van der Waals surface area contributed by atoms with Gasteiger partial charge in [0.25, 0.3) is 0 Å². The van der Waals surface area contributed by atoms with Crippen molar-refractivity contribution in [1.82, 2.24) is 4.98 Å². The first-order valence-electron chi connectivity index (χ1n) is 5.81. The Morgan fingerprint density at radius 3 is 3.19 bits per heavy atom. The van der Waals surface area contributed by atoms with Crippen molar-refractivity contribution in [1.29, 1.82) is 0 Å². The van der Waals surface area contributed by atoms with Gasteiger partial charge in [0.15, 0.2) is 0 Å². The SMILES string of the molecule is CCNc1cc(N2CCC(OC)C2)ccn1. The molecule has 1 fully saturated rings. The van der Waals surface area contributed by atoms with Crippen molar-refractivity contribution in [2.45, 2.75) is 19.4 Å². The Morgan fingerprint density at radius 2 is 2.50 bits per heavy atom. The van der Waals surface area contributed by atoms with Crippen LogP contribution in [0, 0.1) is 0 Å². The summed E-state index contributed by atoms with van der Waals surface area (Å²) in [6.45, 7) is 5.02. The molecule has 4 nitrogen and oxygen atoms in total. The third kappa shape index (κ3) is 2.44. The molecule has 0 bridgehead atoms. The number of aromatic nitrogens is 1. The zero-order chi connectivity index (χ0) is 11.4. The molecule has 1 aliphatic rings. The van der Waals surface area contributed by atoms with Gasteiger partial charge in [0.2, 0.25) is 0 Å². The maximum absolute atomic E-state index is 5.37. The predicted molar refractivity (Wildman–Crippen MR) is 66.0 cm³/mol. The van der Waals surface area contributed by atoms with Gasteiger partial charge < -0.3 is 15.0 Å². The Kier molecular flexibility index (Phi) is 3.62. The number of anilines is 2. The molecule has 1 unspecified atom stereocenters. The molecule has 2 heterocycles. The minimum atomic E-state index is 0.371. The Bertz CT molecular complexity index is 343. The van der Waals surface area contributed by atoms with Gasteiger partial charge in [-0.3, -0.25) is 0 Å². The quantitative estimate of drug-likeness (QED) is 0.840. The van der Waals surface area contributed by atoms with E-state index in [1.807, 2.05) is 6.20 Å². The molecule has 1 N–H and O–H groups in total.